The van der Waals surface area contributed by atoms with Crippen molar-refractivity contribution >= 4 is 15.2 Å². The first kappa shape index (κ1) is 20.2. The van der Waals surface area contributed by atoms with Crippen molar-refractivity contribution in [2.75, 3.05) is 69.5 Å². The van der Waals surface area contributed by atoms with Gasteiger partial charge in [0.1, 0.15) is 0 Å². The van der Waals surface area contributed by atoms with Crippen LogP contribution in [0.25, 0.3) is 0 Å². The molecule has 0 fully saturated rings. The molecule has 0 bridgehead atoms. The van der Waals surface area contributed by atoms with Crippen molar-refractivity contribution in [1.29, 1.82) is 0 Å². The molecule has 0 unspecified atom stereocenters. The van der Waals surface area contributed by atoms with Crippen LogP contribution in [0, 0.1) is 0 Å². The number of nitrogens with zero attached hydrogens (tertiary/aromatic N) is 4. The molecule has 0 amide bonds. The summed E-state index contributed by atoms with van der Waals surface area (Å²) in [6.07, 6.45) is 0. The summed E-state index contributed by atoms with van der Waals surface area (Å²) in [5.41, 5.74) is 0. The molecule has 0 aromatic rings. The third-order valence-electron chi connectivity index (χ3n) is 2.93. The largest absolute Gasteiger partial charge is 0.283 e. The van der Waals surface area contributed by atoms with E-state index in [2.05, 4.69) is 10.2 Å². The van der Waals surface area contributed by atoms with E-state index in [1.165, 1.54) is 0 Å². The van der Waals surface area contributed by atoms with Gasteiger partial charge < -0.3 is 0 Å². The molecule has 0 spiro atoms. The van der Waals surface area contributed by atoms with Gasteiger partial charge in [-0.15, -0.1) is 0 Å². The molecule has 0 atom stereocenters. The highest BCUT2D eigenvalue weighted by Gasteiger charge is 2.29. The fourth-order valence-corrected chi connectivity index (χ4v) is 5.05. The molecule has 0 aromatic heterocycles. The van der Waals surface area contributed by atoms with E-state index in [-0.39, 0.29) is 0 Å². The summed E-state index contributed by atoms with van der Waals surface area (Å²) < 4.78 is 31.9. The number of hydrogen-bond acceptors (Lipinski definition) is 2. The third-order valence-corrected chi connectivity index (χ3v) is 8.54. The molecule has 2 N–H and O–H groups in total. The second kappa shape index (κ2) is 8.01. The summed E-state index contributed by atoms with van der Waals surface area (Å²) >= 11 is 0. The van der Waals surface area contributed by atoms with Crippen LogP contribution in [-0.4, -0.2) is 88.2 Å². The summed E-state index contributed by atoms with van der Waals surface area (Å²) in [6.45, 7) is 0.915. The molecule has 0 saturated heterocycles. The molecule has 0 aromatic carbocycles. The average molecular weight is 328 g/mol. The number of hydrogen-bond donors (Lipinski definition) is 2. The first-order valence-electron chi connectivity index (χ1n) is 6.40. The maximum Gasteiger partial charge on any atom is 0.283 e. The zero-order valence-electron chi connectivity index (χ0n) is 13.9. The van der Waals surface area contributed by atoms with Crippen molar-refractivity contribution in [3.05, 3.63) is 0 Å². The summed E-state index contributed by atoms with van der Waals surface area (Å²) in [5, 5.41) is 6.06. The van der Waals surface area contributed by atoms with Crippen molar-refractivity contribution in [3.8, 4) is 0 Å². The molecule has 0 aliphatic carbocycles. The van der Waals surface area contributed by atoms with Gasteiger partial charge in [0.15, 0.2) is 0 Å². The third kappa shape index (κ3) is 4.90. The van der Waals surface area contributed by atoms with E-state index in [1.807, 2.05) is 0 Å². The Bertz CT molecular complexity index is 326. The van der Waals surface area contributed by atoms with Crippen LogP contribution >= 0.6 is 15.2 Å². The molecule has 0 heterocycles. The topological polar surface area (TPSA) is 71.2 Å². The molecule has 0 aliphatic heterocycles. The molecule has 122 valence electrons. The van der Waals surface area contributed by atoms with E-state index in [9.17, 15) is 9.13 Å². The lowest BCUT2D eigenvalue weighted by atomic mass is 10.7. The van der Waals surface area contributed by atoms with E-state index in [1.54, 1.807) is 75.1 Å². The van der Waals surface area contributed by atoms with Gasteiger partial charge in [-0.2, -0.15) is 0 Å². The first-order chi connectivity index (χ1) is 8.98. The lowest BCUT2D eigenvalue weighted by molar-refractivity contribution is 0.424. The highest BCUT2D eigenvalue weighted by molar-refractivity contribution is 7.57. The summed E-state index contributed by atoms with van der Waals surface area (Å²) in [5.74, 6) is 0. The monoisotopic (exact) mass is 328 g/mol. The molecule has 0 rings (SSSR count). The van der Waals surface area contributed by atoms with Crippen molar-refractivity contribution in [3.63, 3.8) is 0 Å². The predicted octanol–water partition coefficient (Wildman–Crippen LogP) is 0.628. The lowest BCUT2D eigenvalue weighted by Crippen LogP contribution is -2.37. The Labute approximate surface area is 123 Å². The maximum atomic E-state index is 12.6. The highest BCUT2D eigenvalue weighted by atomic mass is 31.2. The second-order valence-corrected chi connectivity index (χ2v) is 11.3. The predicted molar refractivity (Wildman–Crippen MR) is 86.0 cm³/mol. The Balaban J connectivity index is 4.53. The van der Waals surface area contributed by atoms with Gasteiger partial charge in [0, 0.05) is 13.1 Å². The van der Waals surface area contributed by atoms with E-state index >= 15 is 0 Å². The Hall–Kier alpha value is 0.220. The Morgan fingerprint density at radius 3 is 0.950 bits per heavy atom. The standard InChI is InChI=1S/C10H30N6O2P2/c1-13(2)19(17,14(3)4)11-9-10-12-20(18,15(5)6)16(7)8/h9-10H2,1-8H3,(H,11,17)(H,12,18). The summed E-state index contributed by atoms with van der Waals surface area (Å²) in [7, 11) is 8.69. The molecular weight excluding hydrogens is 298 g/mol. The molecule has 10 heteroatoms. The van der Waals surface area contributed by atoms with Gasteiger partial charge in [-0.1, -0.05) is 0 Å². The van der Waals surface area contributed by atoms with Crippen molar-refractivity contribution in [1.82, 2.24) is 28.9 Å². The fourth-order valence-electron chi connectivity index (χ4n) is 1.68. The minimum absolute atomic E-state index is 0.458. The van der Waals surface area contributed by atoms with Crippen LogP contribution in [0.5, 0.6) is 0 Å². The SMILES string of the molecule is CN(C)P(=O)(NCCNP(=O)(N(C)C)N(C)C)N(C)C. The zero-order valence-corrected chi connectivity index (χ0v) is 15.7. The van der Waals surface area contributed by atoms with Gasteiger partial charge in [-0.25, -0.2) is 28.9 Å². The fraction of sp³-hybridized carbons (Fsp3) is 1.00. The van der Waals surface area contributed by atoms with Crippen molar-refractivity contribution in [2.24, 2.45) is 0 Å². The van der Waals surface area contributed by atoms with Crippen LogP contribution in [0.2, 0.25) is 0 Å². The van der Waals surface area contributed by atoms with Gasteiger partial charge in [-0.3, -0.25) is 9.13 Å². The van der Waals surface area contributed by atoms with Gasteiger partial charge in [0.05, 0.1) is 0 Å². The van der Waals surface area contributed by atoms with Gasteiger partial charge in [0.2, 0.25) is 0 Å². The molecule has 8 nitrogen and oxygen atoms in total. The second-order valence-electron chi connectivity index (χ2n) is 5.29. The van der Waals surface area contributed by atoms with E-state index in [0.717, 1.165) is 0 Å². The molecular formula is C10H30N6O2P2. The van der Waals surface area contributed by atoms with Crippen LogP contribution < -0.4 is 10.2 Å². The Morgan fingerprint density at radius 2 is 0.800 bits per heavy atom. The molecule has 20 heavy (non-hydrogen) atoms. The van der Waals surface area contributed by atoms with Crippen LogP contribution in [0.15, 0.2) is 0 Å². The van der Waals surface area contributed by atoms with E-state index in [0.29, 0.717) is 13.1 Å². The summed E-state index contributed by atoms with van der Waals surface area (Å²) in [4.78, 5) is 0. The summed E-state index contributed by atoms with van der Waals surface area (Å²) in [6, 6.07) is 0. The van der Waals surface area contributed by atoms with Gasteiger partial charge in [-0.05, 0) is 56.4 Å². The van der Waals surface area contributed by atoms with Crippen molar-refractivity contribution < 1.29 is 9.13 Å². The lowest BCUT2D eigenvalue weighted by Gasteiger charge is -2.33. The van der Waals surface area contributed by atoms with E-state index < -0.39 is 15.2 Å². The van der Waals surface area contributed by atoms with E-state index in [4.69, 9.17) is 0 Å². The minimum atomic E-state index is -2.73. The maximum absolute atomic E-state index is 12.6. The quantitative estimate of drug-likeness (QED) is 0.472. The Morgan fingerprint density at radius 1 is 0.600 bits per heavy atom. The van der Waals surface area contributed by atoms with Crippen LogP contribution in [0.1, 0.15) is 0 Å². The zero-order chi connectivity index (χ0) is 16.1. The smallest absolute Gasteiger partial charge is 0.271 e. The average Bonchev–Trinajstić information content (AvgIpc) is 2.32. The number of rotatable bonds is 9. The number of nitrogens with one attached hydrogen (secondary N) is 2. The minimum Gasteiger partial charge on any atom is -0.271 e. The Kier molecular flexibility index (Phi) is 8.10. The van der Waals surface area contributed by atoms with Crippen molar-refractivity contribution in [2.45, 2.75) is 0 Å². The molecule has 0 radical (unpaired) electrons. The first-order valence-corrected chi connectivity index (χ1v) is 9.62. The molecule has 0 aliphatic rings. The normalized spacial score (nSPS) is 14.0. The van der Waals surface area contributed by atoms with Crippen LogP contribution in [-0.2, 0) is 9.13 Å². The van der Waals surface area contributed by atoms with Gasteiger partial charge in [0.25, 0.3) is 15.2 Å². The van der Waals surface area contributed by atoms with Gasteiger partial charge >= 0.3 is 0 Å². The van der Waals surface area contributed by atoms with Crippen LogP contribution in [0.3, 0.4) is 0 Å². The van der Waals surface area contributed by atoms with Crippen LogP contribution in [0.4, 0.5) is 0 Å². The highest BCUT2D eigenvalue weighted by Crippen LogP contribution is 2.46. The molecule has 0 saturated carbocycles.